The highest BCUT2D eigenvalue weighted by molar-refractivity contribution is 6.00. The molecule has 1 unspecified atom stereocenters. The lowest BCUT2D eigenvalue weighted by molar-refractivity contribution is -0.141. The van der Waals surface area contributed by atoms with Gasteiger partial charge in [0.1, 0.15) is 11.9 Å². The van der Waals surface area contributed by atoms with Gasteiger partial charge in [-0.25, -0.2) is 4.39 Å². The molecule has 114 valence electrons. The normalized spacial score (nSPS) is 19.3. The van der Waals surface area contributed by atoms with Crippen molar-refractivity contribution in [2.45, 2.75) is 33.2 Å². The lowest BCUT2D eigenvalue weighted by Gasteiger charge is -2.39. The summed E-state index contributed by atoms with van der Waals surface area (Å²) in [6.07, 6.45) is 0.442. The summed E-state index contributed by atoms with van der Waals surface area (Å²) in [6.45, 7) is 6.57. The van der Waals surface area contributed by atoms with E-state index in [2.05, 4.69) is 0 Å². The van der Waals surface area contributed by atoms with E-state index in [0.717, 1.165) is 0 Å². The van der Waals surface area contributed by atoms with Crippen LogP contribution in [0, 0.1) is 11.7 Å². The highest BCUT2D eigenvalue weighted by Gasteiger charge is 2.34. The third kappa shape index (κ3) is 3.40. The van der Waals surface area contributed by atoms with Crippen LogP contribution in [0.3, 0.4) is 0 Å². The Kier molecular flexibility index (Phi) is 4.60. The van der Waals surface area contributed by atoms with Gasteiger partial charge in [0.2, 0.25) is 11.8 Å². The molecule has 0 saturated carbocycles. The molecule has 1 saturated heterocycles. The first-order valence-electron chi connectivity index (χ1n) is 7.26. The minimum absolute atomic E-state index is 0.00439. The maximum Gasteiger partial charge on any atom is 0.249 e. The minimum Gasteiger partial charge on any atom is -0.329 e. The predicted octanol–water partition coefficient (Wildman–Crippen LogP) is 2.44. The van der Waals surface area contributed by atoms with Crippen LogP contribution < -0.4 is 4.90 Å². The first kappa shape index (κ1) is 15.5. The van der Waals surface area contributed by atoms with Crippen molar-refractivity contribution in [1.82, 2.24) is 4.90 Å². The van der Waals surface area contributed by atoms with Crippen molar-refractivity contribution in [1.29, 1.82) is 0 Å². The van der Waals surface area contributed by atoms with E-state index < -0.39 is 6.04 Å². The quantitative estimate of drug-likeness (QED) is 0.858. The van der Waals surface area contributed by atoms with E-state index >= 15 is 0 Å². The van der Waals surface area contributed by atoms with Crippen molar-refractivity contribution in [2.75, 3.05) is 18.0 Å². The van der Waals surface area contributed by atoms with E-state index in [1.165, 1.54) is 12.1 Å². The van der Waals surface area contributed by atoms with Gasteiger partial charge in [-0.1, -0.05) is 19.9 Å². The number of hydrogen-bond acceptors (Lipinski definition) is 2. The zero-order chi connectivity index (χ0) is 15.6. The van der Waals surface area contributed by atoms with Crippen LogP contribution in [-0.4, -0.2) is 35.8 Å². The maximum absolute atomic E-state index is 13.3. The molecule has 5 heteroatoms. The second-order valence-corrected chi connectivity index (χ2v) is 5.83. The second kappa shape index (κ2) is 6.24. The Morgan fingerprint density at radius 3 is 2.71 bits per heavy atom. The van der Waals surface area contributed by atoms with E-state index in [1.54, 1.807) is 28.9 Å². The minimum atomic E-state index is -0.506. The molecular formula is C16H21FN2O2. The van der Waals surface area contributed by atoms with Gasteiger partial charge in [-0.2, -0.15) is 0 Å². The smallest absolute Gasteiger partial charge is 0.249 e. The number of rotatable bonds is 3. The van der Waals surface area contributed by atoms with Gasteiger partial charge < -0.3 is 9.80 Å². The van der Waals surface area contributed by atoms with E-state index in [0.29, 0.717) is 25.2 Å². The van der Waals surface area contributed by atoms with Crippen LogP contribution in [0.4, 0.5) is 10.1 Å². The number of benzene rings is 1. The Morgan fingerprint density at radius 2 is 2.10 bits per heavy atom. The number of nitrogens with zero attached hydrogens (tertiary/aromatic N) is 2. The molecule has 0 radical (unpaired) electrons. The molecule has 0 spiro atoms. The molecule has 1 aliphatic rings. The van der Waals surface area contributed by atoms with Crippen molar-refractivity contribution in [3.05, 3.63) is 30.1 Å². The molecule has 4 nitrogen and oxygen atoms in total. The molecular weight excluding hydrogens is 271 g/mol. The Bertz CT molecular complexity index is 545. The van der Waals surface area contributed by atoms with Crippen LogP contribution in [0.25, 0.3) is 0 Å². The molecule has 21 heavy (non-hydrogen) atoms. The van der Waals surface area contributed by atoms with Gasteiger partial charge in [-0.05, 0) is 31.0 Å². The van der Waals surface area contributed by atoms with E-state index in [-0.39, 0.29) is 23.5 Å². The summed E-state index contributed by atoms with van der Waals surface area (Å²) in [5, 5.41) is 0. The molecule has 1 heterocycles. The van der Waals surface area contributed by atoms with Crippen LogP contribution in [0.15, 0.2) is 24.3 Å². The fraction of sp³-hybridized carbons (Fsp3) is 0.500. The lowest BCUT2D eigenvalue weighted by atomic mass is 10.1. The van der Waals surface area contributed by atoms with Crippen LogP contribution >= 0.6 is 0 Å². The summed E-state index contributed by atoms with van der Waals surface area (Å²) in [5.41, 5.74) is 0.544. The van der Waals surface area contributed by atoms with Gasteiger partial charge in [-0.3, -0.25) is 9.59 Å². The molecule has 0 aliphatic carbocycles. The summed E-state index contributed by atoms with van der Waals surface area (Å²) in [5.74, 6) is -0.263. The van der Waals surface area contributed by atoms with Crippen LogP contribution in [0.1, 0.15) is 27.2 Å². The summed E-state index contributed by atoms with van der Waals surface area (Å²) in [6, 6.07) is 5.47. The fourth-order valence-electron chi connectivity index (χ4n) is 2.58. The first-order chi connectivity index (χ1) is 9.90. The number of carbonyl (C=O) groups excluding carboxylic acids is 2. The Balaban J connectivity index is 2.13. The molecule has 0 bridgehead atoms. The van der Waals surface area contributed by atoms with Crippen LogP contribution in [0.2, 0.25) is 0 Å². The van der Waals surface area contributed by atoms with Gasteiger partial charge >= 0.3 is 0 Å². The summed E-state index contributed by atoms with van der Waals surface area (Å²) >= 11 is 0. The van der Waals surface area contributed by atoms with Gasteiger partial charge in [0.15, 0.2) is 0 Å². The van der Waals surface area contributed by atoms with E-state index in [1.807, 2.05) is 13.8 Å². The molecule has 1 fully saturated rings. The van der Waals surface area contributed by atoms with Crippen molar-refractivity contribution < 1.29 is 14.0 Å². The highest BCUT2D eigenvalue weighted by atomic mass is 19.1. The zero-order valence-electron chi connectivity index (χ0n) is 12.7. The number of anilines is 1. The topological polar surface area (TPSA) is 40.6 Å². The number of amides is 2. The highest BCUT2D eigenvalue weighted by Crippen LogP contribution is 2.22. The van der Waals surface area contributed by atoms with Crippen molar-refractivity contribution in [3.63, 3.8) is 0 Å². The predicted molar refractivity (Wildman–Crippen MR) is 79.4 cm³/mol. The maximum atomic E-state index is 13.3. The van der Waals surface area contributed by atoms with Gasteiger partial charge in [0.05, 0.1) is 0 Å². The summed E-state index contributed by atoms with van der Waals surface area (Å²) < 4.78 is 13.3. The lowest BCUT2D eigenvalue weighted by Crippen LogP contribution is -2.57. The van der Waals surface area contributed by atoms with Gasteiger partial charge in [-0.15, -0.1) is 0 Å². The zero-order valence-corrected chi connectivity index (χ0v) is 12.7. The number of halogens is 1. The Labute approximate surface area is 124 Å². The summed E-state index contributed by atoms with van der Waals surface area (Å²) in [7, 11) is 0. The van der Waals surface area contributed by atoms with Gasteiger partial charge in [0, 0.05) is 25.2 Å². The third-order valence-corrected chi connectivity index (χ3v) is 3.68. The molecule has 0 N–H and O–H groups in total. The van der Waals surface area contributed by atoms with Crippen molar-refractivity contribution in [2.24, 2.45) is 5.92 Å². The third-order valence-electron chi connectivity index (χ3n) is 3.68. The fourth-order valence-corrected chi connectivity index (χ4v) is 2.58. The number of carbonyl (C=O) groups is 2. The van der Waals surface area contributed by atoms with Crippen molar-refractivity contribution >= 4 is 17.5 Å². The van der Waals surface area contributed by atoms with Crippen LogP contribution in [0.5, 0.6) is 0 Å². The molecule has 2 rings (SSSR count). The average molecular weight is 292 g/mol. The van der Waals surface area contributed by atoms with E-state index in [4.69, 9.17) is 0 Å². The molecule has 2 amide bonds. The Hall–Kier alpha value is -1.91. The Morgan fingerprint density at radius 1 is 1.38 bits per heavy atom. The van der Waals surface area contributed by atoms with Crippen molar-refractivity contribution in [3.8, 4) is 0 Å². The SMILES string of the molecule is CC(C)CC(=O)N1CCN(c2cccc(F)c2)C(=O)C1C. The van der Waals surface area contributed by atoms with Crippen LogP contribution in [-0.2, 0) is 9.59 Å². The standard InChI is InChI=1S/C16H21FN2O2/c1-11(2)9-15(20)18-7-8-19(16(21)12(18)3)14-6-4-5-13(17)10-14/h4-6,10-12H,7-9H2,1-3H3. The molecule has 1 atom stereocenters. The van der Waals surface area contributed by atoms with E-state index in [9.17, 15) is 14.0 Å². The molecule has 1 aromatic carbocycles. The van der Waals surface area contributed by atoms with Gasteiger partial charge in [0.25, 0.3) is 0 Å². The first-order valence-corrected chi connectivity index (χ1v) is 7.26. The number of piperazine rings is 1. The average Bonchev–Trinajstić information content (AvgIpc) is 2.40. The molecule has 1 aromatic rings. The number of hydrogen-bond donors (Lipinski definition) is 0. The molecule has 0 aromatic heterocycles. The molecule has 1 aliphatic heterocycles. The largest absolute Gasteiger partial charge is 0.329 e. The summed E-state index contributed by atoms with van der Waals surface area (Å²) in [4.78, 5) is 27.8. The second-order valence-electron chi connectivity index (χ2n) is 5.83. The monoisotopic (exact) mass is 292 g/mol.